The van der Waals surface area contributed by atoms with E-state index in [9.17, 15) is 9.59 Å². The largest absolute Gasteiger partial charge is 0.494 e. The van der Waals surface area contributed by atoms with Crippen molar-refractivity contribution in [3.05, 3.63) is 52.0 Å². The molecular weight excluding hydrogens is 484 g/mol. The number of amides is 2. The number of carbonyl (C=O) groups is 2. The van der Waals surface area contributed by atoms with Gasteiger partial charge in [0.25, 0.3) is 11.8 Å². The maximum atomic E-state index is 13.2. The van der Waals surface area contributed by atoms with Crippen LogP contribution in [0.5, 0.6) is 17.2 Å². The minimum absolute atomic E-state index is 0.00579. The molecule has 0 unspecified atom stereocenters. The van der Waals surface area contributed by atoms with E-state index in [1.165, 1.54) is 18.1 Å². The fraction of sp³-hybridized carbons (Fsp3) is 0.227. The fourth-order valence-corrected chi connectivity index (χ4v) is 3.90. The zero-order valence-electron chi connectivity index (χ0n) is 17.2. The van der Waals surface area contributed by atoms with Gasteiger partial charge in [0.05, 0.1) is 30.5 Å². The van der Waals surface area contributed by atoms with E-state index in [1.54, 1.807) is 36.4 Å². The maximum absolute atomic E-state index is 13.2. The summed E-state index contributed by atoms with van der Waals surface area (Å²) in [6.45, 7) is 4.68. The van der Waals surface area contributed by atoms with Crippen molar-refractivity contribution in [2.24, 2.45) is 0 Å². The molecule has 0 aliphatic carbocycles. The molecule has 0 aromatic heterocycles. The molecule has 31 heavy (non-hydrogen) atoms. The molecule has 2 amide bonds. The van der Waals surface area contributed by atoms with Crippen LogP contribution in [0.2, 0.25) is 0 Å². The second-order valence-electron chi connectivity index (χ2n) is 6.36. The number of hydrogen-bond acceptors (Lipinski definition) is 6. The Hall–Kier alpha value is -2.91. The molecule has 1 aliphatic heterocycles. The summed E-state index contributed by atoms with van der Waals surface area (Å²) in [5.41, 5.74) is 1.02. The smallest absolute Gasteiger partial charge is 0.270 e. The Balaban J connectivity index is 2.01. The van der Waals surface area contributed by atoms with Crippen molar-refractivity contribution in [1.82, 2.24) is 5.32 Å². The number of rotatable bonds is 7. The van der Waals surface area contributed by atoms with Crippen molar-refractivity contribution in [2.45, 2.75) is 13.8 Å². The van der Waals surface area contributed by atoms with Crippen molar-refractivity contribution >= 4 is 56.8 Å². The summed E-state index contributed by atoms with van der Waals surface area (Å²) in [4.78, 5) is 27.1. The van der Waals surface area contributed by atoms with Crippen LogP contribution >= 0.6 is 28.1 Å². The van der Waals surface area contributed by atoms with Gasteiger partial charge >= 0.3 is 0 Å². The molecule has 162 valence electrons. The van der Waals surface area contributed by atoms with E-state index >= 15 is 0 Å². The van der Waals surface area contributed by atoms with Gasteiger partial charge in [-0.15, -0.1) is 0 Å². The molecule has 0 atom stereocenters. The first-order chi connectivity index (χ1) is 14.9. The van der Waals surface area contributed by atoms with Crippen LogP contribution in [0, 0.1) is 0 Å². The lowest BCUT2D eigenvalue weighted by Crippen LogP contribution is -2.54. The number of thiocarbonyl (C=S) groups is 1. The minimum Gasteiger partial charge on any atom is -0.494 e. The standard InChI is InChI=1S/C22H21BrN2O5S/c1-4-29-15-8-6-7-14(12-15)25-21(27)16(20(26)24-22(25)31)9-13-10-17(23)19(30-5-2)18(11-13)28-3/h6-12H,4-5H2,1-3H3,(H,24,26,31)/b16-9+. The Morgan fingerprint density at radius 1 is 1.13 bits per heavy atom. The molecule has 7 nitrogen and oxygen atoms in total. The lowest BCUT2D eigenvalue weighted by molar-refractivity contribution is -0.122. The summed E-state index contributed by atoms with van der Waals surface area (Å²) < 4.78 is 17.1. The van der Waals surface area contributed by atoms with Crippen LogP contribution in [0.3, 0.4) is 0 Å². The SMILES string of the molecule is CCOc1cccc(N2C(=O)/C(=C/c3cc(Br)c(OCC)c(OC)c3)C(=O)NC2=S)c1. The first-order valence-corrected chi connectivity index (χ1v) is 10.7. The zero-order chi connectivity index (χ0) is 22.5. The number of anilines is 1. The highest BCUT2D eigenvalue weighted by molar-refractivity contribution is 9.10. The number of halogens is 1. The molecule has 0 spiro atoms. The van der Waals surface area contributed by atoms with Crippen LogP contribution in [0.25, 0.3) is 6.08 Å². The Labute approximate surface area is 194 Å². The van der Waals surface area contributed by atoms with Gasteiger partial charge in [0, 0.05) is 6.07 Å². The van der Waals surface area contributed by atoms with Crippen LogP contribution in [-0.2, 0) is 9.59 Å². The summed E-state index contributed by atoms with van der Waals surface area (Å²) in [6, 6.07) is 10.4. The third-order valence-electron chi connectivity index (χ3n) is 4.34. The van der Waals surface area contributed by atoms with E-state index in [2.05, 4.69) is 21.2 Å². The van der Waals surface area contributed by atoms with Gasteiger partial charge in [-0.3, -0.25) is 19.8 Å². The first-order valence-electron chi connectivity index (χ1n) is 9.54. The number of nitrogens with zero attached hydrogens (tertiary/aromatic N) is 1. The van der Waals surface area contributed by atoms with E-state index in [1.807, 2.05) is 13.8 Å². The molecule has 9 heteroatoms. The van der Waals surface area contributed by atoms with Crippen LogP contribution < -0.4 is 24.4 Å². The predicted octanol–water partition coefficient (Wildman–Crippen LogP) is 4.09. The number of hydrogen-bond donors (Lipinski definition) is 1. The molecule has 1 saturated heterocycles. The highest BCUT2D eigenvalue weighted by Crippen LogP contribution is 2.37. The lowest BCUT2D eigenvalue weighted by Gasteiger charge is -2.29. The van der Waals surface area contributed by atoms with Gasteiger partial charge < -0.3 is 14.2 Å². The van der Waals surface area contributed by atoms with Crippen LogP contribution in [0.15, 0.2) is 46.4 Å². The average Bonchev–Trinajstić information content (AvgIpc) is 2.73. The molecule has 0 radical (unpaired) electrons. The van der Waals surface area contributed by atoms with Crippen molar-refractivity contribution in [3.63, 3.8) is 0 Å². The Morgan fingerprint density at radius 3 is 2.55 bits per heavy atom. The van der Waals surface area contributed by atoms with Crippen LogP contribution in [0.4, 0.5) is 5.69 Å². The van der Waals surface area contributed by atoms with Crippen LogP contribution in [-0.4, -0.2) is 37.3 Å². The molecule has 0 saturated carbocycles. The van der Waals surface area contributed by atoms with E-state index in [0.717, 1.165) is 0 Å². The Bertz CT molecular complexity index is 1070. The van der Waals surface area contributed by atoms with E-state index in [-0.39, 0.29) is 10.7 Å². The van der Waals surface area contributed by atoms with Crippen molar-refractivity contribution < 1.29 is 23.8 Å². The van der Waals surface area contributed by atoms with E-state index < -0.39 is 11.8 Å². The van der Waals surface area contributed by atoms with Crippen molar-refractivity contribution in [1.29, 1.82) is 0 Å². The lowest BCUT2D eigenvalue weighted by atomic mass is 10.1. The van der Waals surface area contributed by atoms with Gasteiger partial charge in [-0.05, 0) is 77.9 Å². The molecule has 1 heterocycles. The Kier molecular flexibility index (Phi) is 7.29. The molecule has 1 fully saturated rings. The molecule has 2 aromatic carbocycles. The minimum atomic E-state index is -0.573. The summed E-state index contributed by atoms with van der Waals surface area (Å²) in [6.07, 6.45) is 1.49. The molecule has 2 aromatic rings. The third-order valence-corrected chi connectivity index (χ3v) is 5.21. The fourth-order valence-electron chi connectivity index (χ4n) is 3.05. The highest BCUT2D eigenvalue weighted by atomic mass is 79.9. The summed E-state index contributed by atoms with van der Waals surface area (Å²) in [7, 11) is 1.52. The van der Waals surface area contributed by atoms with Gasteiger partial charge in [-0.25, -0.2) is 0 Å². The number of nitrogens with one attached hydrogen (secondary N) is 1. The predicted molar refractivity (Wildman–Crippen MR) is 126 cm³/mol. The number of benzene rings is 2. The number of ether oxygens (including phenoxy) is 3. The normalized spacial score (nSPS) is 15.2. The molecule has 1 N–H and O–H groups in total. The second-order valence-corrected chi connectivity index (χ2v) is 7.60. The molecule has 0 bridgehead atoms. The Morgan fingerprint density at radius 2 is 1.87 bits per heavy atom. The molecular formula is C22H21BrN2O5S. The highest BCUT2D eigenvalue weighted by Gasteiger charge is 2.34. The summed E-state index contributed by atoms with van der Waals surface area (Å²) >= 11 is 8.71. The van der Waals surface area contributed by atoms with E-state index in [4.69, 9.17) is 26.4 Å². The molecule has 3 rings (SSSR count). The number of carbonyl (C=O) groups excluding carboxylic acids is 2. The zero-order valence-corrected chi connectivity index (χ0v) is 19.6. The topological polar surface area (TPSA) is 77.1 Å². The van der Waals surface area contributed by atoms with Crippen molar-refractivity contribution in [2.75, 3.05) is 25.2 Å². The third kappa shape index (κ3) is 4.88. The monoisotopic (exact) mass is 504 g/mol. The van der Waals surface area contributed by atoms with Gasteiger partial charge in [-0.2, -0.15) is 0 Å². The number of methoxy groups -OCH3 is 1. The van der Waals surface area contributed by atoms with Gasteiger partial charge in [-0.1, -0.05) is 6.07 Å². The van der Waals surface area contributed by atoms with E-state index in [0.29, 0.717) is 46.2 Å². The summed E-state index contributed by atoms with van der Waals surface area (Å²) in [5, 5.41) is 2.58. The first kappa shape index (κ1) is 22.8. The maximum Gasteiger partial charge on any atom is 0.270 e. The van der Waals surface area contributed by atoms with Gasteiger partial charge in [0.2, 0.25) is 0 Å². The van der Waals surface area contributed by atoms with Gasteiger partial charge in [0.15, 0.2) is 16.6 Å². The van der Waals surface area contributed by atoms with Gasteiger partial charge in [0.1, 0.15) is 11.3 Å². The average molecular weight is 505 g/mol. The quantitative estimate of drug-likeness (QED) is 0.347. The summed E-state index contributed by atoms with van der Waals surface area (Å²) in [5.74, 6) is 0.506. The second kappa shape index (κ2) is 9.93. The van der Waals surface area contributed by atoms with Crippen molar-refractivity contribution in [3.8, 4) is 17.2 Å². The molecule has 1 aliphatic rings. The van der Waals surface area contributed by atoms with Crippen LogP contribution in [0.1, 0.15) is 19.4 Å².